The molecule has 0 radical (unpaired) electrons. The van der Waals surface area contributed by atoms with Crippen LogP contribution in [0.3, 0.4) is 0 Å². The summed E-state index contributed by atoms with van der Waals surface area (Å²) in [6.07, 6.45) is -51.7. The Bertz CT molecular complexity index is 2610. The number of aliphatic hydroxyl groups is 20. The Morgan fingerprint density at radius 2 is 1.03 bits per heavy atom. The summed E-state index contributed by atoms with van der Waals surface area (Å²) >= 11 is 0. The van der Waals surface area contributed by atoms with Crippen LogP contribution >= 0.6 is 0 Å². The van der Waals surface area contributed by atoms with E-state index in [0.717, 1.165) is 5.57 Å². The molecule has 0 spiro atoms. The van der Waals surface area contributed by atoms with Crippen molar-refractivity contribution >= 4 is 11.8 Å². The summed E-state index contributed by atoms with van der Waals surface area (Å²) in [6.45, 7) is 2.27. The number of carbonyl (C=O) groups is 2. The number of hydrogen-bond donors (Lipinski definition) is 20. The van der Waals surface area contributed by atoms with E-state index in [2.05, 4.69) is 19.9 Å². The topological polar surface area (TPSA) is 559 Å². The Morgan fingerprint density at radius 1 is 0.526 bits per heavy atom. The first-order valence-electron chi connectivity index (χ1n) is 33.4. The zero-order valence-corrected chi connectivity index (χ0v) is 54.1. The maximum absolute atomic E-state index is 13.6. The molecule has 35 heteroatoms. The first-order valence-corrected chi connectivity index (χ1v) is 33.4. The van der Waals surface area contributed by atoms with Gasteiger partial charge in [0.2, 0.25) is 0 Å². The number of ether oxygens (including phenoxy) is 13. The van der Waals surface area contributed by atoms with Gasteiger partial charge in [-0.15, -0.1) is 0 Å². The highest BCUT2D eigenvalue weighted by Gasteiger charge is 2.65. The van der Waals surface area contributed by atoms with Gasteiger partial charge < -0.3 is 164 Å². The van der Waals surface area contributed by atoms with Crippen LogP contribution in [0.15, 0.2) is 11.6 Å². The zero-order valence-electron chi connectivity index (χ0n) is 54.1. The minimum absolute atomic E-state index is 0.00271. The number of esters is 1. The molecule has 39 atom stereocenters. The van der Waals surface area contributed by atoms with E-state index < -0.39 is 259 Å². The second-order valence-electron chi connectivity index (χ2n) is 28.5. The zero-order chi connectivity index (χ0) is 70.6. The number of fused-ring (bicyclic) bond motifs is 5. The van der Waals surface area contributed by atoms with Gasteiger partial charge in [0.1, 0.15) is 152 Å². The van der Waals surface area contributed by atoms with Crippen molar-refractivity contribution in [2.24, 2.45) is 40.4 Å². The molecule has 6 saturated heterocycles. The molecule has 20 N–H and O–H groups in total. The van der Waals surface area contributed by atoms with Crippen LogP contribution in [0.25, 0.3) is 0 Å². The van der Waals surface area contributed by atoms with Gasteiger partial charge in [0, 0.05) is 6.42 Å². The molecule has 6 heterocycles. The summed E-state index contributed by atoms with van der Waals surface area (Å²) in [6, 6.07) is 0. The molecule has 6 aliphatic heterocycles. The molecule has 0 aromatic rings. The fourth-order valence-corrected chi connectivity index (χ4v) is 16.8. The minimum atomic E-state index is -2.25. The van der Waals surface area contributed by atoms with E-state index in [9.17, 15) is 112 Å². The monoisotopic (exact) mass is 1400 g/mol. The number of rotatable bonds is 23. The standard InChI is InChI=1S/C62H100O35/c1-21(19-85-55-47(81)43(77)39(73)31(14-63)89-55)5-8-36(71)87-30-12-26-24-7-6-23-11-29(27(69)13-62(23,4)25(24)9-10-61(26,3)37(30)22(2)68)88-57-49(83)45(79)51(35(18-67)93-57)94-60-54(53(42(76)34(17-66)92-60)96-56-46(80)38(72)28(70)20-86-56)97-59-50(84)52(41(75)33(16-65)91-59)95-58-48(82)44(78)40(74)32(15-64)90-58/h6,21,24-35,37-60,63-67,69-70,72-84H,5,7-20H2,1-4H3/t21-,24-,25-,26+,27-,28+,29-,30+,31-,32+,33-,34+,35+,37+,38+,39-,40+,41-,42-,43+,44-,45+,46+,47-,48-,49+,50+,51-,52+,53-,54-,55-,56-,57-,58+,59-,60-,61-,62-/m1/s1. The SMILES string of the molecule is CC(=O)[C@H]1[C@@H](OC(=O)CC[C@@H](C)CO[C@@H]2O[C@H](CO)[C@@H](O)[C@H](O)[C@H]2O)C[C@H]2[C@@H]3CC=C4C[C@@H](O[C@@H]5O[C@@H](CO)[C@@H](O[C@H]6O[C@@H](CO)[C@@H](O)[C@@H](O[C@H]7OC[C@H](O)[C@H](O)[C@@H]7O)[C@H]6O[C@H]6O[C@H](CO)[C@@H](O)[C@H](O[C@@H]7O[C@@H](CO)[C@H](O)[C@@H](O)[C@H]7O)[C@@H]6O)[C@@H](O)[C@@H]5O)[C@H](O)C[C@@]4(C)[C@@H]3CC[C@]21C. The van der Waals surface area contributed by atoms with Gasteiger partial charge in [-0.2, -0.15) is 0 Å². The predicted octanol–water partition coefficient (Wildman–Crippen LogP) is -9.00. The van der Waals surface area contributed by atoms with Crippen molar-refractivity contribution in [2.45, 2.75) is 276 Å². The summed E-state index contributed by atoms with van der Waals surface area (Å²) in [7, 11) is 0. The lowest BCUT2D eigenvalue weighted by molar-refractivity contribution is -0.409. The average Bonchev–Trinajstić information content (AvgIpc) is 1.65. The van der Waals surface area contributed by atoms with Crippen molar-refractivity contribution in [1.29, 1.82) is 0 Å². The summed E-state index contributed by atoms with van der Waals surface area (Å²) in [4.78, 5) is 27.2. The van der Waals surface area contributed by atoms with E-state index in [1.165, 1.54) is 6.92 Å². The quantitative estimate of drug-likeness (QED) is 0.0334. The van der Waals surface area contributed by atoms with E-state index >= 15 is 0 Å². The summed E-state index contributed by atoms with van der Waals surface area (Å²) in [5.74, 6) is -1.54. The van der Waals surface area contributed by atoms with Gasteiger partial charge in [-0.3, -0.25) is 9.59 Å². The summed E-state index contributed by atoms with van der Waals surface area (Å²) in [5.41, 5.74) is -0.195. The molecule has 9 fully saturated rings. The van der Waals surface area contributed by atoms with Crippen molar-refractivity contribution in [3.05, 3.63) is 11.6 Å². The largest absolute Gasteiger partial charge is 0.462 e. The van der Waals surface area contributed by atoms with Gasteiger partial charge in [0.15, 0.2) is 37.7 Å². The molecule has 0 aromatic carbocycles. The molecule has 0 aromatic heterocycles. The molecule has 0 bridgehead atoms. The van der Waals surface area contributed by atoms with Crippen LogP contribution in [0.1, 0.15) is 79.1 Å². The number of aliphatic hydroxyl groups excluding tert-OH is 20. The Hall–Kier alpha value is -2.40. The van der Waals surface area contributed by atoms with Gasteiger partial charge in [-0.25, -0.2) is 0 Å². The third-order valence-electron chi connectivity index (χ3n) is 22.3. The molecule has 558 valence electrons. The van der Waals surface area contributed by atoms with Gasteiger partial charge in [0.25, 0.3) is 0 Å². The lowest BCUT2D eigenvalue weighted by Crippen LogP contribution is -2.69. The highest BCUT2D eigenvalue weighted by Crippen LogP contribution is 2.67. The highest BCUT2D eigenvalue weighted by molar-refractivity contribution is 5.81. The van der Waals surface area contributed by atoms with Crippen LogP contribution in [-0.4, -0.2) is 357 Å². The molecule has 10 aliphatic rings. The van der Waals surface area contributed by atoms with Crippen LogP contribution in [0.2, 0.25) is 0 Å². The van der Waals surface area contributed by atoms with Gasteiger partial charge in [-0.1, -0.05) is 32.4 Å². The predicted molar refractivity (Wildman–Crippen MR) is 314 cm³/mol. The number of hydrogen-bond acceptors (Lipinski definition) is 35. The smallest absolute Gasteiger partial charge is 0.306 e. The Labute approximate surface area is 557 Å². The normalized spacial score (nSPS) is 51.3. The fraction of sp³-hybridized carbons (Fsp3) is 0.935. The molecule has 97 heavy (non-hydrogen) atoms. The van der Waals surface area contributed by atoms with Crippen LogP contribution < -0.4 is 0 Å². The number of carbonyl (C=O) groups excluding carboxylic acids is 2. The van der Waals surface area contributed by atoms with Gasteiger partial charge in [-0.05, 0) is 86.4 Å². The van der Waals surface area contributed by atoms with Gasteiger partial charge >= 0.3 is 5.97 Å². The van der Waals surface area contributed by atoms with Crippen molar-refractivity contribution in [2.75, 3.05) is 46.2 Å². The first kappa shape index (κ1) is 77.2. The Balaban J connectivity index is 0.812. The molecule has 3 saturated carbocycles. The molecular weight excluding hydrogens is 1300 g/mol. The van der Waals surface area contributed by atoms with E-state index in [4.69, 9.17) is 61.6 Å². The van der Waals surface area contributed by atoms with Crippen LogP contribution in [0.5, 0.6) is 0 Å². The molecule has 0 amide bonds. The van der Waals surface area contributed by atoms with Crippen molar-refractivity contribution in [3.8, 4) is 0 Å². The van der Waals surface area contributed by atoms with E-state index in [1.807, 2.05) is 0 Å². The van der Waals surface area contributed by atoms with Crippen molar-refractivity contribution in [1.82, 2.24) is 0 Å². The van der Waals surface area contributed by atoms with Gasteiger partial charge in [0.05, 0.1) is 64.4 Å². The average molecular weight is 1410 g/mol. The minimum Gasteiger partial charge on any atom is -0.462 e. The Morgan fingerprint density at radius 3 is 1.65 bits per heavy atom. The maximum atomic E-state index is 13.6. The first-order chi connectivity index (χ1) is 45.9. The molecule has 10 rings (SSSR count). The van der Waals surface area contributed by atoms with Crippen molar-refractivity contribution in [3.63, 3.8) is 0 Å². The third-order valence-corrected chi connectivity index (χ3v) is 22.3. The van der Waals surface area contributed by atoms with Crippen LogP contribution in [0, 0.1) is 40.4 Å². The second-order valence-corrected chi connectivity index (χ2v) is 28.5. The molecular formula is C62H100O35. The fourth-order valence-electron chi connectivity index (χ4n) is 16.8. The van der Waals surface area contributed by atoms with E-state index in [0.29, 0.717) is 32.1 Å². The van der Waals surface area contributed by atoms with E-state index in [-0.39, 0.29) is 55.3 Å². The summed E-state index contributed by atoms with van der Waals surface area (Å²) < 4.78 is 76.6. The van der Waals surface area contributed by atoms with Crippen molar-refractivity contribution < 1.29 is 173 Å². The second kappa shape index (κ2) is 31.9. The highest BCUT2D eigenvalue weighted by atomic mass is 16.8. The lowest BCUT2D eigenvalue weighted by atomic mass is 9.47. The number of Topliss-reactive ketones (excluding diaryl/α,β-unsaturated/α-hetero) is 1. The molecule has 4 aliphatic carbocycles. The van der Waals surface area contributed by atoms with E-state index in [1.54, 1.807) is 6.92 Å². The van der Waals surface area contributed by atoms with Crippen LogP contribution in [-0.2, 0) is 71.2 Å². The molecule has 35 nitrogen and oxygen atoms in total. The third kappa shape index (κ3) is 15.3. The lowest BCUT2D eigenvalue weighted by Gasteiger charge is -2.58. The Kier molecular flexibility index (Phi) is 25.4. The summed E-state index contributed by atoms with van der Waals surface area (Å²) in [5, 5.41) is 216. The van der Waals surface area contributed by atoms with Crippen LogP contribution in [0.4, 0.5) is 0 Å². The maximum Gasteiger partial charge on any atom is 0.306 e. The number of allylic oxidation sites excluding steroid dienone is 1. The molecule has 0 unspecified atom stereocenters. The number of ketones is 1.